The number of carbonyl (C=O) groups is 2. The zero-order valence-corrected chi connectivity index (χ0v) is 19.0. The van der Waals surface area contributed by atoms with Crippen molar-refractivity contribution in [2.45, 2.75) is 30.4 Å². The Kier molecular flexibility index (Phi) is 8.20. The van der Waals surface area contributed by atoms with Crippen LogP contribution in [-0.2, 0) is 22.7 Å². The summed E-state index contributed by atoms with van der Waals surface area (Å²) in [5.74, 6) is 1.00. The summed E-state index contributed by atoms with van der Waals surface area (Å²) >= 11 is 1.66. The quantitative estimate of drug-likeness (QED) is 0.580. The van der Waals surface area contributed by atoms with Crippen LogP contribution in [0.4, 0.5) is 0 Å². The molecule has 1 saturated heterocycles. The molecule has 1 aliphatic rings. The summed E-state index contributed by atoms with van der Waals surface area (Å²) in [4.78, 5) is 28.4. The highest BCUT2D eigenvalue weighted by molar-refractivity contribution is 7.98. The van der Waals surface area contributed by atoms with Crippen molar-refractivity contribution in [1.82, 2.24) is 15.5 Å². The van der Waals surface area contributed by atoms with Crippen LogP contribution < -0.4 is 20.1 Å². The van der Waals surface area contributed by atoms with E-state index in [0.717, 1.165) is 16.0 Å². The second-order valence-electron chi connectivity index (χ2n) is 7.26. The molecule has 3 rings (SSSR count). The van der Waals surface area contributed by atoms with Gasteiger partial charge in [0.15, 0.2) is 11.5 Å². The van der Waals surface area contributed by atoms with Gasteiger partial charge in [-0.2, -0.15) is 0 Å². The Labute approximate surface area is 187 Å². The van der Waals surface area contributed by atoms with E-state index in [0.29, 0.717) is 37.7 Å². The van der Waals surface area contributed by atoms with E-state index in [1.807, 2.05) is 47.6 Å². The van der Waals surface area contributed by atoms with Gasteiger partial charge in [-0.25, -0.2) is 0 Å². The van der Waals surface area contributed by atoms with Gasteiger partial charge in [0.05, 0.1) is 26.7 Å². The number of ether oxygens (including phenoxy) is 2. The van der Waals surface area contributed by atoms with Crippen LogP contribution in [0.25, 0.3) is 0 Å². The Morgan fingerprint density at radius 2 is 2.03 bits per heavy atom. The summed E-state index contributed by atoms with van der Waals surface area (Å²) in [5.41, 5.74) is 1.95. The van der Waals surface area contributed by atoms with Crippen molar-refractivity contribution in [2.75, 3.05) is 33.6 Å². The number of rotatable bonds is 9. The van der Waals surface area contributed by atoms with E-state index >= 15 is 0 Å². The minimum Gasteiger partial charge on any atom is -0.493 e. The van der Waals surface area contributed by atoms with Crippen molar-refractivity contribution >= 4 is 23.6 Å². The molecule has 7 nitrogen and oxygen atoms in total. The Balaban J connectivity index is 1.66. The zero-order chi connectivity index (χ0) is 22.2. The van der Waals surface area contributed by atoms with Crippen molar-refractivity contribution < 1.29 is 19.1 Å². The molecule has 2 aromatic carbocycles. The van der Waals surface area contributed by atoms with Crippen LogP contribution in [0.15, 0.2) is 47.4 Å². The van der Waals surface area contributed by atoms with Gasteiger partial charge in [0, 0.05) is 36.6 Å². The Morgan fingerprint density at radius 3 is 2.77 bits per heavy atom. The normalized spacial score (nSPS) is 16.5. The molecule has 1 unspecified atom stereocenters. The van der Waals surface area contributed by atoms with Crippen molar-refractivity contribution in [3.8, 4) is 11.5 Å². The summed E-state index contributed by atoms with van der Waals surface area (Å²) in [7, 11) is 3.19. The maximum Gasteiger partial charge on any atom is 0.237 e. The largest absolute Gasteiger partial charge is 0.493 e. The molecule has 0 aliphatic carbocycles. The molecular weight excluding hydrogens is 414 g/mol. The lowest BCUT2D eigenvalue weighted by atomic mass is 10.1. The van der Waals surface area contributed by atoms with Crippen LogP contribution in [0.2, 0.25) is 0 Å². The molecule has 1 atom stereocenters. The van der Waals surface area contributed by atoms with E-state index in [2.05, 4.69) is 16.7 Å². The molecule has 166 valence electrons. The van der Waals surface area contributed by atoms with Gasteiger partial charge in [0.2, 0.25) is 11.8 Å². The molecule has 8 heteroatoms. The number of benzene rings is 2. The Bertz CT molecular complexity index is 921. The number of hydrogen-bond donors (Lipinski definition) is 2. The molecule has 1 heterocycles. The smallest absolute Gasteiger partial charge is 0.237 e. The summed E-state index contributed by atoms with van der Waals surface area (Å²) in [6.45, 7) is 2.12. The highest BCUT2D eigenvalue weighted by atomic mass is 32.2. The first-order valence-corrected chi connectivity index (χ1v) is 11.4. The third-order valence-corrected chi connectivity index (χ3v) is 6.03. The highest BCUT2D eigenvalue weighted by Crippen LogP contribution is 2.32. The molecule has 2 N–H and O–H groups in total. The number of carbonyl (C=O) groups excluding carboxylic acids is 2. The number of hydrogen-bond acceptors (Lipinski definition) is 6. The van der Waals surface area contributed by atoms with E-state index in [9.17, 15) is 9.59 Å². The van der Waals surface area contributed by atoms with Crippen molar-refractivity contribution in [1.29, 1.82) is 0 Å². The van der Waals surface area contributed by atoms with Gasteiger partial charge in [0.1, 0.15) is 0 Å². The predicted octanol–water partition coefficient (Wildman–Crippen LogP) is 2.43. The Hall–Kier alpha value is -2.71. The third kappa shape index (κ3) is 5.92. The number of methoxy groups -OCH3 is 2. The van der Waals surface area contributed by atoms with Crippen LogP contribution in [0.1, 0.15) is 17.5 Å². The van der Waals surface area contributed by atoms with Gasteiger partial charge < -0.3 is 20.1 Å². The van der Waals surface area contributed by atoms with Gasteiger partial charge in [-0.1, -0.05) is 24.3 Å². The number of amides is 2. The monoisotopic (exact) mass is 443 g/mol. The summed E-state index contributed by atoms with van der Waals surface area (Å²) in [6.07, 6.45) is 2.12. The molecule has 2 amide bonds. The molecular formula is C23H29N3O4S. The molecule has 1 fully saturated rings. The third-order valence-electron chi connectivity index (χ3n) is 5.30. The van der Waals surface area contributed by atoms with E-state index in [1.165, 1.54) is 0 Å². The lowest BCUT2D eigenvalue weighted by Crippen LogP contribution is -2.56. The summed E-state index contributed by atoms with van der Waals surface area (Å²) < 4.78 is 10.9. The zero-order valence-electron chi connectivity index (χ0n) is 18.1. The fourth-order valence-electron chi connectivity index (χ4n) is 3.70. The predicted molar refractivity (Wildman–Crippen MR) is 121 cm³/mol. The van der Waals surface area contributed by atoms with E-state index in [4.69, 9.17) is 9.47 Å². The van der Waals surface area contributed by atoms with Gasteiger partial charge in [-0.05, 0) is 30.0 Å². The lowest BCUT2D eigenvalue weighted by Gasteiger charge is -2.35. The maximum atomic E-state index is 12.6. The van der Waals surface area contributed by atoms with Crippen LogP contribution in [-0.4, -0.2) is 56.3 Å². The molecule has 0 bridgehead atoms. The van der Waals surface area contributed by atoms with Crippen molar-refractivity contribution in [3.05, 3.63) is 53.6 Å². The minimum absolute atomic E-state index is 0.0976. The molecule has 2 aromatic rings. The van der Waals surface area contributed by atoms with Gasteiger partial charge in [-0.15, -0.1) is 11.8 Å². The topological polar surface area (TPSA) is 79.9 Å². The highest BCUT2D eigenvalue weighted by Gasteiger charge is 2.32. The molecule has 0 radical (unpaired) electrons. The van der Waals surface area contributed by atoms with Crippen LogP contribution in [0.5, 0.6) is 11.5 Å². The van der Waals surface area contributed by atoms with Crippen molar-refractivity contribution in [2.24, 2.45) is 0 Å². The average Bonchev–Trinajstić information content (AvgIpc) is 2.79. The number of nitrogens with one attached hydrogen (secondary N) is 2. The number of piperazine rings is 1. The van der Waals surface area contributed by atoms with Crippen LogP contribution >= 0.6 is 11.8 Å². The fourth-order valence-corrected chi connectivity index (χ4v) is 4.18. The second kappa shape index (κ2) is 11.1. The second-order valence-corrected chi connectivity index (χ2v) is 8.14. The molecule has 0 aromatic heterocycles. The van der Waals surface area contributed by atoms with Gasteiger partial charge >= 0.3 is 0 Å². The Morgan fingerprint density at radius 1 is 1.23 bits per heavy atom. The molecule has 0 saturated carbocycles. The first kappa shape index (κ1) is 23.0. The maximum absolute atomic E-state index is 12.6. The molecule has 31 heavy (non-hydrogen) atoms. The SMILES string of the molecule is COc1cccc(CN2CCNC(=O)C2CC(=O)NCc2cccc(SC)c2)c1OC. The molecule has 0 spiro atoms. The van der Waals surface area contributed by atoms with Gasteiger partial charge in [-0.3, -0.25) is 14.5 Å². The van der Waals surface area contributed by atoms with E-state index in [1.54, 1.807) is 26.0 Å². The van der Waals surface area contributed by atoms with E-state index in [-0.39, 0.29) is 18.2 Å². The number of para-hydroxylation sites is 1. The van der Waals surface area contributed by atoms with Crippen molar-refractivity contribution in [3.63, 3.8) is 0 Å². The number of thioether (sulfide) groups is 1. The summed E-state index contributed by atoms with van der Waals surface area (Å²) in [6, 6.07) is 13.2. The van der Waals surface area contributed by atoms with Crippen LogP contribution in [0, 0.1) is 0 Å². The molecule has 1 aliphatic heterocycles. The summed E-state index contributed by atoms with van der Waals surface area (Å²) in [5, 5.41) is 5.82. The first-order chi connectivity index (χ1) is 15.0. The average molecular weight is 444 g/mol. The van der Waals surface area contributed by atoms with Crippen LogP contribution in [0.3, 0.4) is 0 Å². The standard InChI is InChI=1S/C23H29N3O4S/c1-29-20-9-5-7-17(22(20)30-2)15-26-11-10-24-23(28)19(26)13-21(27)25-14-16-6-4-8-18(12-16)31-3/h4-9,12,19H,10-11,13-15H2,1-3H3,(H,24,28)(H,25,27). The van der Waals surface area contributed by atoms with Gasteiger partial charge in [0.25, 0.3) is 0 Å². The minimum atomic E-state index is -0.540. The lowest BCUT2D eigenvalue weighted by molar-refractivity contribution is -0.134. The number of nitrogens with zero attached hydrogens (tertiary/aromatic N) is 1. The van der Waals surface area contributed by atoms with E-state index < -0.39 is 6.04 Å². The first-order valence-electron chi connectivity index (χ1n) is 10.2. The fraction of sp³-hybridized carbons (Fsp3) is 0.391.